The predicted molar refractivity (Wildman–Crippen MR) is 91.0 cm³/mol. The highest BCUT2D eigenvalue weighted by atomic mass is 35.5. The molecule has 2 fully saturated rings. The topological polar surface area (TPSA) is 61.4 Å². The predicted octanol–water partition coefficient (Wildman–Crippen LogP) is 3.64. The number of urea groups is 1. The van der Waals surface area contributed by atoms with Crippen molar-refractivity contribution in [3.63, 3.8) is 0 Å². The molecular formula is C17H22ClN3O2. The largest absolute Gasteiger partial charge is 0.349 e. The zero-order valence-corrected chi connectivity index (χ0v) is 13.9. The Kier molecular flexibility index (Phi) is 5.06. The number of anilines is 1. The summed E-state index contributed by atoms with van der Waals surface area (Å²) in [7, 11) is 0. The summed E-state index contributed by atoms with van der Waals surface area (Å²) in [6.45, 7) is 1.57. The van der Waals surface area contributed by atoms with Crippen molar-refractivity contribution in [3.05, 3.63) is 28.8 Å². The number of hydrogen-bond donors (Lipinski definition) is 2. The first kappa shape index (κ1) is 16.1. The lowest BCUT2D eigenvalue weighted by Gasteiger charge is -2.21. The van der Waals surface area contributed by atoms with E-state index in [4.69, 9.17) is 11.6 Å². The third-order valence-corrected chi connectivity index (χ3v) is 4.60. The van der Waals surface area contributed by atoms with E-state index in [-0.39, 0.29) is 18.0 Å². The van der Waals surface area contributed by atoms with Gasteiger partial charge >= 0.3 is 6.03 Å². The molecular weight excluding hydrogens is 314 g/mol. The van der Waals surface area contributed by atoms with E-state index >= 15 is 0 Å². The van der Waals surface area contributed by atoms with E-state index < -0.39 is 0 Å². The van der Waals surface area contributed by atoms with Crippen molar-refractivity contribution in [2.24, 2.45) is 0 Å². The molecule has 0 aromatic heterocycles. The average Bonchev–Trinajstić information content (AvgIpc) is 3.35. The van der Waals surface area contributed by atoms with E-state index in [1.165, 1.54) is 12.8 Å². The van der Waals surface area contributed by atoms with Crippen LogP contribution in [0.1, 0.15) is 48.9 Å². The summed E-state index contributed by atoms with van der Waals surface area (Å²) >= 11 is 6.12. The van der Waals surface area contributed by atoms with Crippen LogP contribution in [0.25, 0.3) is 0 Å². The van der Waals surface area contributed by atoms with Crippen LogP contribution in [0.3, 0.4) is 0 Å². The first-order chi connectivity index (χ1) is 11.1. The Morgan fingerprint density at radius 1 is 1.09 bits per heavy atom. The highest BCUT2D eigenvalue weighted by molar-refractivity contribution is 6.34. The smallest absolute Gasteiger partial charge is 0.321 e. The zero-order valence-electron chi connectivity index (χ0n) is 13.1. The van der Waals surface area contributed by atoms with Gasteiger partial charge in [0.25, 0.3) is 5.91 Å². The van der Waals surface area contributed by atoms with Crippen molar-refractivity contribution < 1.29 is 9.59 Å². The van der Waals surface area contributed by atoms with Gasteiger partial charge in [0.2, 0.25) is 0 Å². The number of halogens is 1. The van der Waals surface area contributed by atoms with Crippen LogP contribution in [0.5, 0.6) is 0 Å². The summed E-state index contributed by atoms with van der Waals surface area (Å²) in [6, 6.07) is 5.19. The van der Waals surface area contributed by atoms with Crippen LogP contribution >= 0.6 is 11.6 Å². The summed E-state index contributed by atoms with van der Waals surface area (Å²) in [4.78, 5) is 26.4. The molecule has 2 N–H and O–H groups in total. The Bertz CT molecular complexity index is 594. The van der Waals surface area contributed by atoms with Gasteiger partial charge in [0, 0.05) is 24.8 Å². The molecule has 23 heavy (non-hydrogen) atoms. The van der Waals surface area contributed by atoms with Crippen molar-refractivity contribution in [1.29, 1.82) is 0 Å². The zero-order chi connectivity index (χ0) is 16.2. The van der Waals surface area contributed by atoms with Crippen LogP contribution in [0.4, 0.5) is 10.5 Å². The van der Waals surface area contributed by atoms with Crippen molar-refractivity contribution >= 4 is 29.2 Å². The molecule has 1 aromatic carbocycles. The maximum absolute atomic E-state index is 12.4. The Labute approximate surface area is 141 Å². The lowest BCUT2D eigenvalue weighted by Crippen LogP contribution is -2.35. The fraction of sp³-hybridized carbons (Fsp3) is 0.529. The lowest BCUT2D eigenvalue weighted by molar-refractivity contribution is 0.0951. The summed E-state index contributed by atoms with van der Waals surface area (Å²) in [6.07, 6.45) is 6.49. The fourth-order valence-corrected chi connectivity index (χ4v) is 2.95. The summed E-state index contributed by atoms with van der Waals surface area (Å²) in [5.41, 5.74) is 1.01. The first-order valence-electron chi connectivity index (χ1n) is 8.30. The molecule has 0 bridgehead atoms. The second kappa shape index (κ2) is 7.21. The molecule has 0 unspecified atom stereocenters. The summed E-state index contributed by atoms with van der Waals surface area (Å²) in [5, 5.41) is 6.19. The van der Waals surface area contributed by atoms with Crippen molar-refractivity contribution in [2.45, 2.75) is 44.6 Å². The van der Waals surface area contributed by atoms with Gasteiger partial charge in [-0.2, -0.15) is 0 Å². The van der Waals surface area contributed by atoms with Gasteiger partial charge in [-0.15, -0.1) is 0 Å². The van der Waals surface area contributed by atoms with Gasteiger partial charge in [-0.05, 0) is 43.9 Å². The molecule has 5 nitrogen and oxygen atoms in total. The fourth-order valence-electron chi connectivity index (χ4n) is 2.74. The minimum absolute atomic E-state index is 0.109. The third kappa shape index (κ3) is 4.38. The number of benzene rings is 1. The van der Waals surface area contributed by atoms with Crippen molar-refractivity contribution in [3.8, 4) is 0 Å². The van der Waals surface area contributed by atoms with Gasteiger partial charge < -0.3 is 15.5 Å². The van der Waals surface area contributed by atoms with Gasteiger partial charge in [0.1, 0.15) is 0 Å². The van der Waals surface area contributed by atoms with E-state index in [2.05, 4.69) is 10.6 Å². The van der Waals surface area contributed by atoms with Crippen LogP contribution in [0, 0.1) is 0 Å². The summed E-state index contributed by atoms with van der Waals surface area (Å²) in [5.74, 6) is -0.177. The normalized spacial score (nSPS) is 18.2. The highest BCUT2D eigenvalue weighted by Gasteiger charge is 2.25. The molecule has 0 radical (unpaired) electrons. The molecule has 6 heteroatoms. The van der Waals surface area contributed by atoms with Crippen LogP contribution in [0.15, 0.2) is 18.2 Å². The minimum atomic E-state index is -0.177. The monoisotopic (exact) mass is 335 g/mol. The Balaban J connectivity index is 1.67. The van der Waals surface area contributed by atoms with Crippen LogP contribution in [-0.4, -0.2) is 36.0 Å². The Morgan fingerprint density at radius 2 is 1.78 bits per heavy atom. The van der Waals surface area contributed by atoms with Crippen LogP contribution in [0.2, 0.25) is 5.02 Å². The molecule has 0 spiro atoms. The number of likely N-dealkylation sites (tertiary alicyclic amines) is 1. The molecule has 1 aromatic rings. The number of rotatable bonds is 3. The molecule has 1 aliphatic heterocycles. The molecule has 1 heterocycles. The van der Waals surface area contributed by atoms with E-state index in [0.29, 0.717) is 16.3 Å². The van der Waals surface area contributed by atoms with E-state index in [0.717, 1.165) is 38.8 Å². The molecule has 1 saturated heterocycles. The number of nitrogens with one attached hydrogen (secondary N) is 2. The second-order valence-electron chi connectivity index (χ2n) is 6.27. The number of nitrogens with zero attached hydrogens (tertiary/aromatic N) is 1. The third-order valence-electron chi connectivity index (χ3n) is 4.27. The van der Waals surface area contributed by atoms with Gasteiger partial charge in [0.05, 0.1) is 10.6 Å². The lowest BCUT2D eigenvalue weighted by atomic mass is 10.2. The van der Waals surface area contributed by atoms with E-state index in [1.54, 1.807) is 18.2 Å². The maximum atomic E-state index is 12.4. The van der Waals surface area contributed by atoms with Crippen molar-refractivity contribution in [1.82, 2.24) is 10.2 Å². The maximum Gasteiger partial charge on any atom is 0.321 e. The average molecular weight is 336 g/mol. The Morgan fingerprint density at radius 3 is 2.43 bits per heavy atom. The Hall–Kier alpha value is -1.75. The second-order valence-corrected chi connectivity index (χ2v) is 6.68. The van der Waals surface area contributed by atoms with Crippen LogP contribution < -0.4 is 10.6 Å². The molecule has 124 valence electrons. The molecule has 1 saturated carbocycles. The van der Waals surface area contributed by atoms with Crippen LogP contribution in [-0.2, 0) is 0 Å². The number of amides is 3. The molecule has 1 aliphatic carbocycles. The SMILES string of the molecule is O=C(NC1CC1)c1cc(NC(=O)N2CCCCCC2)ccc1Cl. The molecule has 0 atom stereocenters. The molecule has 2 aliphatic rings. The standard InChI is InChI=1S/C17H22ClN3O2/c18-15-8-7-13(11-14(15)16(22)19-12-5-6-12)20-17(23)21-9-3-1-2-4-10-21/h7-8,11-12H,1-6,9-10H2,(H,19,22)(H,20,23). The molecule has 3 rings (SSSR count). The van der Waals surface area contributed by atoms with E-state index in [9.17, 15) is 9.59 Å². The van der Waals surface area contributed by atoms with Gasteiger partial charge in [-0.1, -0.05) is 24.4 Å². The number of hydrogen-bond acceptors (Lipinski definition) is 2. The van der Waals surface area contributed by atoms with Crippen molar-refractivity contribution in [2.75, 3.05) is 18.4 Å². The molecule has 3 amide bonds. The van der Waals surface area contributed by atoms with Gasteiger partial charge in [0.15, 0.2) is 0 Å². The number of carbonyl (C=O) groups is 2. The quantitative estimate of drug-likeness (QED) is 0.885. The van der Waals surface area contributed by atoms with E-state index in [1.807, 2.05) is 4.90 Å². The van der Waals surface area contributed by atoms with Gasteiger partial charge in [-0.25, -0.2) is 4.79 Å². The minimum Gasteiger partial charge on any atom is -0.349 e. The van der Waals surface area contributed by atoms with Gasteiger partial charge in [-0.3, -0.25) is 4.79 Å². The number of carbonyl (C=O) groups excluding carboxylic acids is 2. The highest BCUT2D eigenvalue weighted by Crippen LogP contribution is 2.24. The summed E-state index contributed by atoms with van der Waals surface area (Å²) < 4.78 is 0. The first-order valence-corrected chi connectivity index (χ1v) is 8.67.